The molecule has 5 nitrogen and oxygen atoms in total. The fourth-order valence-electron chi connectivity index (χ4n) is 0.736. The van der Waals surface area contributed by atoms with E-state index in [1.165, 1.54) is 0 Å². The molecule has 0 aliphatic carbocycles. The first-order chi connectivity index (χ1) is 5.65. The molecule has 0 radical (unpaired) electrons. The number of hydrogen-bond donors (Lipinski definition) is 2. The van der Waals surface area contributed by atoms with Crippen LogP contribution in [0.5, 0.6) is 0 Å². The number of nitrogens with one attached hydrogen (secondary N) is 1. The summed E-state index contributed by atoms with van der Waals surface area (Å²) < 4.78 is 12.5. The van der Waals surface area contributed by atoms with Crippen molar-refractivity contribution in [1.82, 2.24) is 9.55 Å². The summed E-state index contributed by atoms with van der Waals surface area (Å²) in [6.07, 6.45) is -0.500. The number of H-pyrrole nitrogens is 1. The molecule has 1 aromatic heterocycles. The highest BCUT2D eigenvalue weighted by molar-refractivity contribution is 4.83. The van der Waals surface area contributed by atoms with Gasteiger partial charge < -0.3 is 5.11 Å². The number of aromatic nitrogens is 2. The molecule has 0 aromatic carbocycles. The Morgan fingerprint density at radius 2 is 2.33 bits per heavy atom. The van der Waals surface area contributed by atoms with Gasteiger partial charge in [0.1, 0.15) is 6.67 Å². The van der Waals surface area contributed by atoms with E-state index < -0.39 is 24.2 Å². The van der Waals surface area contributed by atoms with Gasteiger partial charge in [0.05, 0.1) is 0 Å². The summed E-state index contributed by atoms with van der Waals surface area (Å²) in [6.45, 7) is -1.08. The largest absolute Gasteiger partial charge is 0.370 e. The summed E-state index contributed by atoms with van der Waals surface area (Å²) in [6, 6.07) is 1.03. The summed E-state index contributed by atoms with van der Waals surface area (Å²) in [5.74, 6) is 0. The standard InChI is InChI=1S/C6H7FN2O3/c7-3-5(11)9-2-1-4(10)8-6(9)12/h1-2,5,11H,3H2,(H,8,10,12)/t5-/m1/s1. The van der Waals surface area contributed by atoms with E-state index in [0.29, 0.717) is 4.57 Å². The number of hydrogen-bond acceptors (Lipinski definition) is 3. The summed E-state index contributed by atoms with van der Waals surface area (Å²) in [5, 5.41) is 8.87. The highest BCUT2D eigenvalue weighted by Gasteiger charge is 2.06. The van der Waals surface area contributed by atoms with Crippen LogP contribution in [0, 0.1) is 0 Å². The summed E-state index contributed by atoms with van der Waals surface area (Å²) in [4.78, 5) is 23.2. The van der Waals surface area contributed by atoms with Gasteiger partial charge in [0.15, 0.2) is 6.23 Å². The summed E-state index contributed by atoms with van der Waals surface area (Å²) in [7, 11) is 0. The third kappa shape index (κ3) is 1.59. The van der Waals surface area contributed by atoms with E-state index in [2.05, 4.69) is 0 Å². The number of alkyl halides is 1. The SMILES string of the molecule is O=c1ccn([C@H](O)CF)c(=O)[nH]1. The lowest BCUT2D eigenvalue weighted by atomic mass is 10.5. The molecular weight excluding hydrogens is 167 g/mol. The Kier molecular flexibility index (Phi) is 2.39. The van der Waals surface area contributed by atoms with Gasteiger partial charge in [-0.25, -0.2) is 9.18 Å². The molecule has 0 bridgehead atoms. The molecule has 0 saturated heterocycles. The average Bonchev–Trinajstić information content (AvgIpc) is 2.03. The number of aromatic amines is 1. The molecule has 1 atom stereocenters. The Labute approximate surface area is 66.1 Å². The van der Waals surface area contributed by atoms with Gasteiger partial charge in [0.25, 0.3) is 5.56 Å². The predicted octanol–water partition coefficient (Wildman–Crippen LogP) is -1.00. The van der Waals surface area contributed by atoms with Crippen LogP contribution < -0.4 is 11.2 Å². The molecule has 1 heterocycles. The molecule has 12 heavy (non-hydrogen) atoms. The monoisotopic (exact) mass is 174 g/mol. The fraction of sp³-hybridized carbons (Fsp3) is 0.333. The molecule has 2 N–H and O–H groups in total. The van der Waals surface area contributed by atoms with Crippen molar-refractivity contribution < 1.29 is 9.50 Å². The predicted molar refractivity (Wildman–Crippen MR) is 38.6 cm³/mol. The minimum atomic E-state index is -1.53. The Hall–Kier alpha value is -1.43. The highest BCUT2D eigenvalue weighted by Crippen LogP contribution is 1.95. The summed E-state index contributed by atoms with van der Waals surface area (Å²) >= 11 is 0. The van der Waals surface area contributed by atoms with Crippen molar-refractivity contribution in [1.29, 1.82) is 0 Å². The smallest absolute Gasteiger partial charge is 0.330 e. The van der Waals surface area contributed by atoms with Crippen molar-refractivity contribution in [2.45, 2.75) is 6.23 Å². The zero-order valence-corrected chi connectivity index (χ0v) is 6.03. The molecule has 0 unspecified atom stereocenters. The fourth-order valence-corrected chi connectivity index (χ4v) is 0.736. The van der Waals surface area contributed by atoms with Gasteiger partial charge >= 0.3 is 5.69 Å². The maximum absolute atomic E-state index is 11.9. The van der Waals surface area contributed by atoms with Crippen LogP contribution in [-0.4, -0.2) is 21.3 Å². The van der Waals surface area contributed by atoms with Gasteiger partial charge in [0.2, 0.25) is 0 Å². The van der Waals surface area contributed by atoms with E-state index >= 15 is 0 Å². The lowest BCUT2D eigenvalue weighted by Crippen LogP contribution is -2.32. The molecule has 0 amide bonds. The lowest BCUT2D eigenvalue weighted by Gasteiger charge is -2.07. The van der Waals surface area contributed by atoms with Gasteiger partial charge in [0, 0.05) is 12.3 Å². The zero-order chi connectivity index (χ0) is 9.14. The molecule has 0 aliphatic rings. The summed E-state index contributed by atoms with van der Waals surface area (Å²) in [5.41, 5.74) is -1.41. The lowest BCUT2D eigenvalue weighted by molar-refractivity contribution is 0.0700. The van der Waals surface area contributed by atoms with Crippen LogP contribution in [0.15, 0.2) is 21.9 Å². The Balaban J connectivity index is 3.19. The molecule has 0 saturated carbocycles. The van der Waals surface area contributed by atoms with Crippen LogP contribution >= 0.6 is 0 Å². The molecule has 1 aromatic rings. The van der Waals surface area contributed by atoms with E-state index in [1.54, 1.807) is 0 Å². The molecule has 1 rings (SSSR count). The first-order valence-electron chi connectivity index (χ1n) is 3.20. The van der Waals surface area contributed by atoms with Crippen LogP contribution in [0.3, 0.4) is 0 Å². The highest BCUT2D eigenvalue weighted by atomic mass is 19.1. The van der Waals surface area contributed by atoms with E-state index in [1.807, 2.05) is 4.98 Å². The first-order valence-corrected chi connectivity index (χ1v) is 3.20. The van der Waals surface area contributed by atoms with Crippen LogP contribution in [0.2, 0.25) is 0 Å². The Morgan fingerprint density at radius 3 is 2.83 bits per heavy atom. The number of nitrogens with zero attached hydrogens (tertiary/aromatic N) is 1. The second-order valence-electron chi connectivity index (χ2n) is 2.15. The molecule has 0 fully saturated rings. The number of aliphatic hydroxyl groups is 1. The molecule has 66 valence electrons. The number of halogens is 1. The van der Waals surface area contributed by atoms with Gasteiger partial charge in [-0.15, -0.1) is 0 Å². The molecule has 0 aliphatic heterocycles. The van der Waals surface area contributed by atoms with Crippen molar-refractivity contribution in [2.75, 3.05) is 6.67 Å². The third-order valence-corrected chi connectivity index (χ3v) is 1.31. The van der Waals surface area contributed by atoms with E-state index in [0.717, 1.165) is 12.3 Å². The molecule has 0 spiro atoms. The number of aliphatic hydroxyl groups excluding tert-OH is 1. The van der Waals surface area contributed by atoms with Crippen LogP contribution in [0.25, 0.3) is 0 Å². The number of rotatable bonds is 2. The van der Waals surface area contributed by atoms with Crippen molar-refractivity contribution in [3.63, 3.8) is 0 Å². The van der Waals surface area contributed by atoms with Crippen molar-refractivity contribution in [3.05, 3.63) is 33.1 Å². The first kappa shape index (κ1) is 8.66. The molecular formula is C6H7FN2O3. The van der Waals surface area contributed by atoms with E-state index in [9.17, 15) is 14.0 Å². The third-order valence-electron chi connectivity index (χ3n) is 1.31. The maximum atomic E-state index is 11.9. The van der Waals surface area contributed by atoms with E-state index in [-0.39, 0.29) is 0 Å². The topological polar surface area (TPSA) is 75.1 Å². The van der Waals surface area contributed by atoms with Gasteiger partial charge in [-0.2, -0.15) is 0 Å². The second kappa shape index (κ2) is 3.31. The van der Waals surface area contributed by atoms with Gasteiger partial charge in [-0.05, 0) is 0 Å². The van der Waals surface area contributed by atoms with Crippen LogP contribution in [-0.2, 0) is 0 Å². The maximum Gasteiger partial charge on any atom is 0.330 e. The van der Waals surface area contributed by atoms with E-state index in [4.69, 9.17) is 5.11 Å². The van der Waals surface area contributed by atoms with Gasteiger partial charge in [-0.1, -0.05) is 0 Å². The normalized spacial score (nSPS) is 12.8. The minimum Gasteiger partial charge on any atom is -0.370 e. The Morgan fingerprint density at radius 1 is 1.67 bits per heavy atom. The van der Waals surface area contributed by atoms with Gasteiger partial charge in [-0.3, -0.25) is 14.3 Å². The van der Waals surface area contributed by atoms with Crippen molar-refractivity contribution in [3.8, 4) is 0 Å². The van der Waals surface area contributed by atoms with Crippen molar-refractivity contribution in [2.24, 2.45) is 0 Å². The average molecular weight is 174 g/mol. The Bertz CT molecular complexity index is 370. The van der Waals surface area contributed by atoms with Crippen molar-refractivity contribution >= 4 is 0 Å². The minimum absolute atomic E-state index is 0.581. The zero-order valence-electron chi connectivity index (χ0n) is 6.03. The second-order valence-corrected chi connectivity index (χ2v) is 2.15. The van der Waals surface area contributed by atoms with Crippen LogP contribution in [0.1, 0.15) is 6.23 Å². The molecule has 6 heteroatoms. The quantitative estimate of drug-likeness (QED) is 0.603. The van der Waals surface area contributed by atoms with Crippen LogP contribution in [0.4, 0.5) is 4.39 Å².